The number of alkyl halides is 3. The van der Waals surface area contributed by atoms with Crippen LogP contribution in [0.1, 0.15) is 19.4 Å². The maximum Gasteiger partial charge on any atom is 0.417 e. The summed E-state index contributed by atoms with van der Waals surface area (Å²) < 4.78 is 37.3. The van der Waals surface area contributed by atoms with Crippen molar-refractivity contribution in [3.63, 3.8) is 0 Å². The highest BCUT2D eigenvalue weighted by atomic mass is 19.4. The van der Waals surface area contributed by atoms with Crippen molar-refractivity contribution in [3.05, 3.63) is 23.9 Å². The standard InChI is InChI=1S/C12H16F3N3/c1-8-7-18(9(2)5-16-8)11-4-3-10(6-17-11)12(13,14)15/h3-4,6,8-9,16H,5,7H2,1-2H3/t8-,9?/m0/s1. The van der Waals surface area contributed by atoms with Crippen LogP contribution >= 0.6 is 0 Å². The molecule has 3 nitrogen and oxygen atoms in total. The first kappa shape index (κ1) is 13.1. The van der Waals surface area contributed by atoms with E-state index in [4.69, 9.17) is 0 Å². The fourth-order valence-electron chi connectivity index (χ4n) is 2.06. The number of anilines is 1. The van der Waals surface area contributed by atoms with Crippen LogP contribution in [0.5, 0.6) is 0 Å². The van der Waals surface area contributed by atoms with Crippen molar-refractivity contribution in [3.8, 4) is 0 Å². The van der Waals surface area contributed by atoms with Gasteiger partial charge in [-0.15, -0.1) is 0 Å². The van der Waals surface area contributed by atoms with E-state index < -0.39 is 11.7 Å². The van der Waals surface area contributed by atoms with E-state index in [0.717, 1.165) is 25.4 Å². The van der Waals surface area contributed by atoms with Crippen molar-refractivity contribution in [2.24, 2.45) is 0 Å². The monoisotopic (exact) mass is 259 g/mol. The molecule has 0 aromatic carbocycles. The van der Waals surface area contributed by atoms with Gasteiger partial charge in [-0.3, -0.25) is 0 Å². The second-order valence-electron chi connectivity index (χ2n) is 4.71. The highest BCUT2D eigenvalue weighted by Gasteiger charge is 2.31. The van der Waals surface area contributed by atoms with E-state index in [2.05, 4.69) is 10.3 Å². The van der Waals surface area contributed by atoms with Gasteiger partial charge in [-0.05, 0) is 26.0 Å². The van der Waals surface area contributed by atoms with E-state index in [-0.39, 0.29) is 6.04 Å². The molecule has 2 rings (SSSR count). The predicted molar refractivity (Wildman–Crippen MR) is 63.5 cm³/mol. The van der Waals surface area contributed by atoms with Crippen molar-refractivity contribution in [1.82, 2.24) is 10.3 Å². The van der Waals surface area contributed by atoms with Gasteiger partial charge in [-0.25, -0.2) is 4.98 Å². The average molecular weight is 259 g/mol. The minimum Gasteiger partial charge on any atom is -0.351 e. The van der Waals surface area contributed by atoms with Gasteiger partial charge in [0.1, 0.15) is 5.82 Å². The van der Waals surface area contributed by atoms with E-state index in [1.807, 2.05) is 18.7 Å². The molecule has 0 amide bonds. The summed E-state index contributed by atoms with van der Waals surface area (Å²) in [5.74, 6) is 0.601. The Hall–Kier alpha value is -1.30. The number of aromatic nitrogens is 1. The molecule has 1 aromatic heterocycles. The second-order valence-corrected chi connectivity index (χ2v) is 4.71. The lowest BCUT2D eigenvalue weighted by atomic mass is 10.1. The van der Waals surface area contributed by atoms with Crippen LogP contribution in [0.3, 0.4) is 0 Å². The number of hydrogen-bond donors (Lipinski definition) is 1. The maximum atomic E-state index is 12.4. The number of nitrogens with zero attached hydrogens (tertiary/aromatic N) is 2. The smallest absolute Gasteiger partial charge is 0.351 e. The number of piperazine rings is 1. The minimum absolute atomic E-state index is 0.227. The Bertz CT molecular complexity index is 402. The SMILES string of the molecule is CC1CN[C@@H](C)CN1c1ccc(C(F)(F)F)cn1. The lowest BCUT2D eigenvalue weighted by Crippen LogP contribution is -2.54. The molecule has 100 valence electrons. The molecular weight excluding hydrogens is 243 g/mol. The van der Waals surface area contributed by atoms with Gasteiger partial charge in [-0.2, -0.15) is 13.2 Å². The van der Waals surface area contributed by atoms with Crippen LogP contribution in [0.2, 0.25) is 0 Å². The fraction of sp³-hybridized carbons (Fsp3) is 0.583. The van der Waals surface area contributed by atoms with E-state index in [9.17, 15) is 13.2 Å². The zero-order valence-electron chi connectivity index (χ0n) is 10.3. The van der Waals surface area contributed by atoms with Crippen LogP contribution in [0.25, 0.3) is 0 Å². The van der Waals surface area contributed by atoms with Gasteiger partial charge in [0.15, 0.2) is 0 Å². The molecule has 0 radical (unpaired) electrons. The summed E-state index contributed by atoms with van der Waals surface area (Å²) in [6.07, 6.45) is -3.43. The summed E-state index contributed by atoms with van der Waals surface area (Å²) >= 11 is 0. The van der Waals surface area contributed by atoms with Crippen LogP contribution in [0.4, 0.5) is 19.0 Å². The van der Waals surface area contributed by atoms with Crippen LogP contribution in [0, 0.1) is 0 Å². The van der Waals surface area contributed by atoms with E-state index in [1.165, 1.54) is 6.07 Å². The molecule has 0 bridgehead atoms. The van der Waals surface area contributed by atoms with Crippen LogP contribution < -0.4 is 10.2 Å². The summed E-state index contributed by atoms with van der Waals surface area (Å²) in [5, 5.41) is 3.32. The predicted octanol–water partition coefficient (Wildman–Crippen LogP) is 2.29. The van der Waals surface area contributed by atoms with Crippen molar-refractivity contribution >= 4 is 5.82 Å². The Balaban J connectivity index is 2.18. The lowest BCUT2D eigenvalue weighted by molar-refractivity contribution is -0.137. The lowest BCUT2D eigenvalue weighted by Gasteiger charge is -2.38. The third-order valence-electron chi connectivity index (χ3n) is 3.13. The van der Waals surface area contributed by atoms with Crippen LogP contribution in [-0.2, 0) is 6.18 Å². The molecular formula is C12H16F3N3. The Labute approximate surface area is 104 Å². The zero-order valence-corrected chi connectivity index (χ0v) is 10.3. The topological polar surface area (TPSA) is 28.2 Å². The summed E-state index contributed by atoms with van der Waals surface area (Å²) in [7, 11) is 0. The van der Waals surface area contributed by atoms with E-state index in [0.29, 0.717) is 11.9 Å². The Morgan fingerprint density at radius 1 is 1.33 bits per heavy atom. The average Bonchev–Trinajstić information content (AvgIpc) is 2.31. The first-order valence-corrected chi connectivity index (χ1v) is 5.91. The number of nitrogens with one attached hydrogen (secondary N) is 1. The molecule has 2 atom stereocenters. The third kappa shape index (κ3) is 2.75. The molecule has 1 N–H and O–H groups in total. The van der Waals surface area contributed by atoms with Gasteiger partial charge in [0.25, 0.3) is 0 Å². The Morgan fingerprint density at radius 3 is 2.61 bits per heavy atom. The molecule has 1 fully saturated rings. The quantitative estimate of drug-likeness (QED) is 0.838. The molecule has 2 heterocycles. The molecule has 0 spiro atoms. The third-order valence-corrected chi connectivity index (χ3v) is 3.13. The fourth-order valence-corrected chi connectivity index (χ4v) is 2.06. The summed E-state index contributed by atoms with van der Waals surface area (Å²) in [4.78, 5) is 5.96. The van der Waals surface area contributed by atoms with Crippen molar-refractivity contribution in [2.45, 2.75) is 32.1 Å². The van der Waals surface area contributed by atoms with Gasteiger partial charge in [0.05, 0.1) is 5.56 Å². The van der Waals surface area contributed by atoms with E-state index in [1.54, 1.807) is 0 Å². The second kappa shape index (κ2) is 4.76. The normalized spacial score (nSPS) is 25.3. The molecule has 0 saturated carbocycles. The largest absolute Gasteiger partial charge is 0.417 e. The summed E-state index contributed by atoms with van der Waals surface area (Å²) in [6.45, 7) is 5.63. The van der Waals surface area contributed by atoms with Gasteiger partial charge in [-0.1, -0.05) is 0 Å². The van der Waals surface area contributed by atoms with Crippen molar-refractivity contribution in [1.29, 1.82) is 0 Å². The highest BCUT2D eigenvalue weighted by molar-refractivity contribution is 5.42. The molecule has 1 saturated heterocycles. The first-order valence-electron chi connectivity index (χ1n) is 5.91. The van der Waals surface area contributed by atoms with Gasteiger partial charge >= 0.3 is 6.18 Å². The number of rotatable bonds is 1. The van der Waals surface area contributed by atoms with Crippen molar-refractivity contribution < 1.29 is 13.2 Å². The molecule has 0 aliphatic carbocycles. The zero-order chi connectivity index (χ0) is 13.3. The number of hydrogen-bond acceptors (Lipinski definition) is 3. The van der Waals surface area contributed by atoms with Gasteiger partial charge in [0.2, 0.25) is 0 Å². The Morgan fingerprint density at radius 2 is 2.06 bits per heavy atom. The first-order chi connectivity index (χ1) is 8.38. The van der Waals surface area contributed by atoms with Crippen LogP contribution in [-0.4, -0.2) is 30.2 Å². The molecule has 18 heavy (non-hydrogen) atoms. The summed E-state index contributed by atoms with van der Waals surface area (Å²) in [6, 6.07) is 3.06. The molecule has 1 aliphatic rings. The van der Waals surface area contributed by atoms with Crippen LogP contribution in [0.15, 0.2) is 18.3 Å². The van der Waals surface area contributed by atoms with Gasteiger partial charge in [0, 0.05) is 31.4 Å². The minimum atomic E-state index is -4.33. The molecule has 6 heteroatoms. The summed E-state index contributed by atoms with van der Waals surface area (Å²) in [5.41, 5.74) is -0.706. The Kier molecular flexibility index (Phi) is 3.47. The van der Waals surface area contributed by atoms with Crippen molar-refractivity contribution in [2.75, 3.05) is 18.0 Å². The number of halogens is 3. The van der Waals surface area contributed by atoms with E-state index >= 15 is 0 Å². The molecule has 1 aromatic rings. The van der Waals surface area contributed by atoms with Gasteiger partial charge < -0.3 is 10.2 Å². The molecule has 1 unspecified atom stereocenters. The highest BCUT2D eigenvalue weighted by Crippen LogP contribution is 2.29. The number of pyridine rings is 1. The molecule has 1 aliphatic heterocycles. The maximum absolute atomic E-state index is 12.4.